The fourth-order valence-corrected chi connectivity index (χ4v) is 7.23. The molecule has 6 nitrogen and oxygen atoms in total. The van der Waals surface area contributed by atoms with Crippen molar-refractivity contribution in [3.05, 3.63) is 146 Å². The van der Waals surface area contributed by atoms with Gasteiger partial charge in [-0.1, -0.05) is 237 Å². The summed E-state index contributed by atoms with van der Waals surface area (Å²) in [6.07, 6.45) is 83.0. The van der Waals surface area contributed by atoms with Crippen molar-refractivity contribution in [2.45, 2.75) is 232 Å². The van der Waals surface area contributed by atoms with Gasteiger partial charge in [-0.25, -0.2) is 0 Å². The van der Waals surface area contributed by atoms with Crippen LogP contribution in [0.4, 0.5) is 0 Å². The fourth-order valence-electron chi connectivity index (χ4n) is 7.23. The van der Waals surface area contributed by atoms with E-state index in [1.165, 1.54) is 64.2 Å². The maximum atomic E-state index is 12.8. The summed E-state index contributed by atoms with van der Waals surface area (Å²) in [7, 11) is 0. The van der Waals surface area contributed by atoms with E-state index in [-0.39, 0.29) is 31.6 Å². The zero-order valence-electron chi connectivity index (χ0n) is 45.4. The molecule has 0 aliphatic carbocycles. The highest BCUT2D eigenvalue weighted by molar-refractivity contribution is 5.72. The van der Waals surface area contributed by atoms with E-state index >= 15 is 0 Å². The number of esters is 3. The standard InChI is InChI=1S/C65H102O6/c1-4-7-10-13-16-19-22-25-27-28-29-30-31-32-33-34-35-36-38-40-43-46-49-52-55-58-64(67)70-61-62(60-69-63(66)57-54-51-48-45-42-39-24-21-18-15-12-9-6-3)71-65(68)59-56-53-50-47-44-41-37-26-23-20-17-14-11-8-5-2/h7-12,16-21,25-27,29-30,37,39,42,44,47,53,56,62H,4-6,13-15,22-24,28,31-36,38,40-41,43,45-46,48-52,54-55,57-61H2,1-3H3/b10-7-,11-8-,12-9-,19-16-,20-17-,21-18-,27-25-,30-29-,37-26-,42-39-,47-44-,56-53-. The Morgan fingerprint density at radius 2 is 0.549 bits per heavy atom. The maximum absolute atomic E-state index is 12.8. The van der Waals surface area contributed by atoms with Gasteiger partial charge in [-0.05, 0) is 116 Å². The first kappa shape index (κ1) is 66.3. The maximum Gasteiger partial charge on any atom is 0.310 e. The van der Waals surface area contributed by atoms with E-state index in [1.54, 1.807) is 6.08 Å². The number of rotatable bonds is 49. The van der Waals surface area contributed by atoms with Gasteiger partial charge in [0, 0.05) is 12.8 Å². The quantitative estimate of drug-likeness (QED) is 0.0262. The van der Waals surface area contributed by atoms with Gasteiger partial charge >= 0.3 is 17.9 Å². The largest absolute Gasteiger partial charge is 0.462 e. The lowest BCUT2D eigenvalue weighted by atomic mass is 10.0. The summed E-state index contributed by atoms with van der Waals surface area (Å²) in [6.45, 7) is 6.17. The smallest absolute Gasteiger partial charge is 0.310 e. The van der Waals surface area contributed by atoms with Crippen molar-refractivity contribution in [1.29, 1.82) is 0 Å². The highest BCUT2D eigenvalue weighted by Crippen LogP contribution is 2.14. The van der Waals surface area contributed by atoms with E-state index < -0.39 is 12.1 Å². The zero-order valence-corrected chi connectivity index (χ0v) is 45.4. The normalized spacial score (nSPS) is 13.2. The molecule has 0 amide bonds. The summed E-state index contributed by atoms with van der Waals surface area (Å²) >= 11 is 0. The summed E-state index contributed by atoms with van der Waals surface area (Å²) in [6, 6.07) is 0. The van der Waals surface area contributed by atoms with Gasteiger partial charge in [-0.2, -0.15) is 0 Å². The molecule has 0 fully saturated rings. The highest BCUT2D eigenvalue weighted by Gasteiger charge is 2.19. The van der Waals surface area contributed by atoms with Crippen molar-refractivity contribution in [2.24, 2.45) is 0 Å². The van der Waals surface area contributed by atoms with E-state index in [1.807, 2.05) is 6.08 Å². The monoisotopic (exact) mass is 979 g/mol. The molecule has 0 spiro atoms. The Hall–Kier alpha value is -4.71. The molecular formula is C65H102O6. The molecule has 0 aromatic carbocycles. The Morgan fingerprint density at radius 1 is 0.296 bits per heavy atom. The van der Waals surface area contributed by atoms with Crippen LogP contribution in [-0.4, -0.2) is 37.2 Å². The first-order chi connectivity index (χ1) is 35.0. The molecule has 0 heterocycles. The van der Waals surface area contributed by atoms with Gasteiger partial charge in [0.15, 0.2) is 6.10 Å². The van der Waals surface area contributed by atoms with Gasteiger partial charge in [-0.15, -0.1) is 0 Å². The molecule has 0 saturated heterocycles. The predicted molar refractivity (Wildman–Crippen MR) is 306 cm³/mol. The topological polar surface area (TPSA) is 78.9 Å². The number of carbonyl (C=O) groups is 3. The van der Waals surface area contributed by atoms with Crippen molar-refractivity contribution in [2.75, 3.05) is 13.2 Å². The van der Waals surface area contributed by atoms with Crippen molar-refractivity contribution in [1.82, 2.24) is 0 Å². The third kappa shape index (κ3) is 56.1. The molecule has 398 valence electrons. The lowest BCUT2D eigenvalue weighted by Crippen LogP contribution is -2.30. The second-order valence-electron chi connectivity index (χ2n) is 18.1. The minimum absolute atomic E-state index is 0.0840. The van der Waals surface area contributed by atoms with Gasteiger partial charge in [0.1, 0.15) is 13.2 Å². The highest BCUT2D eigenvalue weighted by atomic mass is 16.6. The molecule has 0 radical (unpaired) electrons. The van der Waals surface area contributed by atoms with E-state index in [0.29, 0.717) is 19.3 Å². The summed E-state index contributed by atoms with van der Waals surface area (Å²) in [5.41, 5.74) is 0. The molecular weight excluding hydrogens is 877 g/mol. The molecule has 0 aliphatic rings. The van der Waals surface area contributed by atoms with Crippen molar-refractivity contribution >= 4 is 17.9 Å². The average Bonchev–Trinajstić information content (AvgIpc) is 3.37. The van der Waals surface area contributed by atoms with E-state index in [4.69, 9.17) is 14.2 Å². The second kappa shape index (κ2) is 57.9. The number of hydrogen-bond acceptors (Lipinski definition) is 6. The van der Waals surface area contributed by atoms with Crippen LogP contribution in [0.15, 0.2) is 146 Å². The molecule has 0 aromatic rings. The van der Waals surface area contributed by atoms with Crippen LogP contribution in [-0.2, 0) is 28.6 Å². The molecule has 0 bridgehead atoms. The Labute approximate surface area is 436 Å². The van der Waals surface area contributed by atoms with Crippen molar-refractivity contribution in [3.63, 3.8) is 0 Å². The molecule has 0 saturated carbocycles. The lowest BCUT2D eigenvalue weighted by Gasteiger charge is -2.18. The van der Waals surface area contributed by atoms with Gasteiger partial charge < -0.3 is 14.2 Å². The first-order valence-corrected chi connectivity index (χ1v) is 28.3. The van der Waals surface area contributed by atoms with Gasteiger partial charge in [-0.3, -0.25) is 14.4 Å². The Balaban J connectivity index is 4.42. The van der Waals surface area contributed by atoms with Crippen LogP contribution in [0, 0.1) is 0 Å². The SMILES string of the molecule is CC/C=C\C/C=C\C/C=C\C/C=C\C/C=C\CC(=O)OC(COC(=O)CCCCC/C=C\C/C=C\C/C=C\CC)COC(=O)CCCCCCCCCCCCCC/C=C\C/C=C\C/C=C\C/C=C\CC. The molecule has 1 atom stereocenters. The number of unbranched alkanes of at least 4 members (excludes halogenated alkanes) is 15. The average molecular weight is 980 g/mol. The fraction of sp³-hybridized carbons (Fsp3) is 0.585. The van der Waals surface area contributed by atoms with Crippen LogP contribution in [0.25, 0.3) is 0 Å². The van der Waals surface area contributed by atoms with Crippen molar-refractivity contribution < 1.29 is 28.6 Å². The van der Waals surface area contributed by atoms with Gasteiger partial charge in [0.25, 0.3) is 0 Å². The molecule has 6 heteroatoms. The minimum atomic E-state index is -0.851. The molecule has 0 aromatic heterocycles. The molecule has 1 unspecified atom stereocenters. The first-order valence-electron chi connectivity index (χ1n) is 28.3. The molecule has 0 rings (SSSR count). The molecule has 0 N–H and O–H groups in total. The third-order valence-corrected chi connectivity index (χ3v) is 11.4. The lowest BCUT2D eigenvalue weighted by molar-refractivity contribution is -0.166. The van der Waals surface area contributed by atoms with Crippen LogP contribution < -0.4 is 0 Å². The van der Waals surface area contributed by atoms with Crippen LogP contribution in [0.5, 0.6) is 0 Å². The summed E-state index contributed by atoms with van der Waals surface area (Å²) in [5, 5.41) is 0. The second-order valence-corrected chi connectivity index (χ2v) is 18.1. The van der Waals surface area contributed by atoms with Crippen LogP contribution in [0.1, 0.15) is 226 Å². The van der Waals surface area contributed by atoms with Gasteiger partial charge in [0.2, 0.25) is 0 Å². The Kier molecular flexibility index (Phi) is 54.0. The molecule has 71 heavy (non-hydrogen) atoms. The zero-order chi connectivity index (χ0) is 51.4. The minimum Gasteiger partial charge on any atom is -0.462 e. The summed E-state index contributed by atoms with van der Waals surface area (Å²) in [4.78, 5) is 38.0. The predicted octanol–water partition coefficient (Wildman–Crippen LogP) is 19.2. The number of hydrogen-bond donors (Lipinski definition) is 0. The van der Waals surface area contributed by atoms with Gasteiger partial charge in [0.05, 0.1) is 6.42 Å². The Morgan fingerprint density at radius 3 is 0.873 bits per heavy atom. The molecule has 0 aliphatic heterocycles. The van der Waals surface area contributed by atoms with Crippen LogP contribution in [0.3, 0.4) is 0 Å². The number of carbonyl (C=O) groups excluding carboxylic acids is 3. The summed E-state index contributed by atoms with van der Waals surface area (Å²) < 4.78 is 16.7. The van der Waals surface area contributed by atoms with E-state index in [9.17, 15) is 14.4 Å². The van der Waals surface area contributed by atoms with Crippen LogP contribution >= 0.6 is 0 Å². The van der Waals surface area contributed by atoms with Crippen LogP contribution in [0.2, 0.25) is 0 Å². The van der Waals surface area contributed by atoms with E-state index in [2.05, 4.69) is 154 Å². The number of allylic oxidation sites excluding steroid dienone is 23. The van der Waals surface area contributed by atoms with Crippen molar-refractivity contribution in [3.8, 4) is 0 Å². The van der Waals surface area contributed by atoms with E-state index in [0.717, 1.165) is 116 Å². The third-order valence-electron chi connectivity index (χ3n) is 11.4. The number of ether oxygens (including phenoxy) is 3. The summed E-state index contributed by atoms with van der Waals surface area (Å²) in [5.74, 6) is -1.10. The Bertz CT molecular complexity index is 1590.